The Morgan fingerprint density at radius 1 is 0.944 bits per heavy atom. The number of hydrogen-bond acceptors (Lipinski definition) is 3. The molecule has 1 N–H and O–H groups in total. The van der Waals surface area contributed by atoms with E-state index in [1.807, 2.05) is 49.4 Å². The number of piperazine rings is 1. The van der Waals surface area contributed by atoms with Crippen molar-refractivity contribution in [1.82, 2.24) is 14.8 Å². The lowest BCUT2D eigenvalue weighted by Gasteiger charge is -2.36. The molecule has 0 unspecified atom stereocenters. The van der Waals surface area contributed by atoms with Crippen LogP contribution >= 0.6 is 35.6 Å². The van der Waals surface area contributed by atoms with Crippen molar-refractivity contribution >= 4 is 47.2 Å². The van der Waals surface area contributed by atoms with Crippen LogP contribution in [0.25, 0.3) is 11.3 Å². The van der Waals surface area contributed by atoms with E-state index in [2.05, 4.69) is 38.7 Å². The van der Waals surface area contributed by atoms with E-state index in [0.717, 1.165) is 80.3 Å². The summed E-state index contributed by atoms with van der Waals surface area (Å²) in [4.78, 5) is 17.8. The number of nitrogens with one attached hydrogen (secondary N) is 1. The van der Waals surface area contributed by atoms with Crippen LogP contribution in [-0.2, 0) is 6.54 Å². The third-order valence-corrected chi connectivity index (χ3v) is 7.44. The summed E-state index contributed by atoms with van der Waals surface area (Å²) in [6.07, 6.45) is 1.95. The molecule has 0 radical (unpaired) electrons. The number of carbonyl (C=O) groups is 1. The van der Waals surface area contributed by atoms with E-state index in [-0.39, 0.29) is 18.3 Å². The zero-order valence-electron chi connectivity index (χ0n) is 21.0. The lowest BCUT2D eigenvalue weighted by Crippen LogP contribution is -2.47. The molecular formula is C28H35Cl3N4O. The van der Waals surface area contributed by atoms with Gasteiger partial charge in [0.1, 0.15) is 0 Å². The minimum Gasteiger partial charge on any atom is -0.369 e. The third-order valence-electron chi connectivity index (χ3n) is 6.71. The molecule has 8 heteroatoms. The molecule has 0 aliphatic carbocycles. The van der Waals surface area contributed by atoms with Crippen LogP contribution < -0.4 is 10.2 Å². The van der Waals surface area contributed by atoms with E-state index in [4.69, 9.17) is 23.2 Å². The Hall–Kier alpha value is -2.18. The second-order valence-corrected chi connectivity index (χ2v) is 9.90. The van der Waals surface area contributed by atoms with Crippen LogP contribution in [0, 0.1) is 6.92 Å². The van der Waals surface area contributed by atoms with E-state index in [1.54, 1.807) is 0 Å². The van der Waals surface area contributed by atoms with Crippen LogP contribution in [0.3, 0.4) is 0 Å². The number of anilines is 1. The minimum atomic E-state index is 0. The van der Waals surface area contributed by atoms with Gasteiger partial charge in [-0.25, -0.2) is 0 Å². The van der Waals surface area contributed by atoms with Crippen molar-refractivity contribution in [3.8, 4) is 11.3 Å². The van der Waals surface area contributed by atoms with Crippen LogP contribution in [0.2, 0.25) is 10.0 Å². The van der Waals surface area contributed by atoms with Crippen molar-refractivity contribution < 1.29 is 4.79 Å². The number of hydrogen-bond donors (Lipinski definition) is 1. The maximum absolute atomic E-state index is 13.0. The smallest absolute Gasteiger partial charge is 0.253 e. The monoisotopic (exact) mass is 548 g/mol. The second kappa shape index (κ2) is 13.4. The van der Waals surface area contributed by atoms with E-state index in [0.29, 0.717) is 16.6 Å². The molecule has 5 nitrogen and oxygen atoms in total. The molecule has 1 aliphatic heterocycles. The molecule has 1 saturated heterocycles. The van der Waals surface area contributed by atoms with Crippen molar-refractivity contribution in [3.63, 3.8) is 0 Å². The summed E-state index contributed by atoms with van der Waals surface area (Å²) in [5.41, 5.74) is 5.17. The first-order chi connectivity index (χ1) is 17.0. The first kappa shape index (κ1) is 28.4. The molecule has 1 aliphatic rings. The zero-order valence-corrected chi connectivity index (χ0v) is 23.3. The number of rotatable bonds is 9. The fourth-order valence-corrected chi connectivity index (χ4v) is 5.04. The molecule has 1 fully saturated rings. The minimum absolute atomic E-state index is 0. The summed E-state index contributed by atoms with van der Waals surface area (Å²) in [5, 5.41) is 4.33. The normalized spacial score (nSPS) is 13.9. The fourth-order valence-electron chi connectivity index (χ4n) is 4.75. The van der Waals surface area contributed by atoms with Gasteiger partial charge >= 0.3 is 0 Å². The van der Waals surface area contributed by atoms with Gasteiger partial charge in [0.05, 0.1) is 15.6 Å². The Morgan fingerprint density at radius 3 is 2.33 bits per heavy atom. The predicted molar refractivity (Wildman–Crippen MR) is 154 cm³/mol. The van der Waals surface area contributed by atoms with Crippen molar-refractivity contribution in [3.05, 3.63) is 75.9 Å². The average molecular weight is 550 g/mol. The Balaban J connectivity index is 0.00000361. The molecule has 0 saturated carbocycles. The molecule has 36 heavy (non-hydrogen) atoms. The second-order valence-electron chi connectivity index (χ2n) is 9.08. The molecule has 3 aromatic rings. The number of carbonyl (C=O) groups excluding carboxylic acids is 1. The van der Waals surface area contributed by atoms with Gasteiger partial charge < -0.3 is 14.8 Å². The van der Waals surface area contributed by atoms with Gasteiger partial charge in [0.25, 0.3) is 5.91 Å². The number of nitrogens with zero attached hydrogens (tertiary/aromatic N) is 3. The molecule has 4 rings (SSSR count). The van der Waals surface area contributed by atoms with Gasteiger partial charge in [0.15, 0.2) is 0 Å². The number of aromatic nitrogens is 1. The Labute approximate surface area is 230 Å². The highest BCUT2D eigenvalue weighted by Crippen LogP contribution is 2.28. The van der Waals surface area contributed by atoms with Crippen LogP contribution in [0.1, 0.15) is 35.8 Å². The molecule has 0 spiro atoms. The fraction of sp³-hybridized carbons (Fsp3) is 0.393. The maximum atomic E-state index is 13.0. The molecule has 1 aromatic heterocycles. The molecule has 1 amide bonds. The van der Waals surface area contributed by atoms with Crippen molar-refractivity contribution in [1.29, 1.82) is 0 Å². The quantitative estimate of drug-likeness (QED) is 0.308. The van der Waals surface area contributed by atoms with Gasteiger partial charge in [-0.2, -0.15) is 0 Å². The Bertz CT molecular complexity index is 1140. The lowest BCUT2D eigenvalue weighted by atomic mass is 10.1. The van der Waals surface area contributed by atoms with E-state index in [1.165, 1.54) is 0 Å². The highest BCUT2D eigenvalue weighted by Gasteiger charge is 2.19. The summed E-state index contributed by atoms with van der Waals surface area (Å²) in [5.74, 6) is 0.0129. The SMILES string of the molecule is CCCn1c(-c2ccccc2)cc(C(=O)NCCCN2CCN(c3ccc(Cl)c(Cl)c3)CC2)c1C.Cl. The summed E-state index contributed by atoms with van der Waals surface area (Å²) >= 11 is 12.2. The van der Waals surface area contributed by atoms with Crippen molar-refractivity contribution in [2.24, 2.45) is 0 Å². The first-order valence-electron chi connectivity index (χ1n) is 12.4. The molecule has 0 atom stereocenters. The molecule has 2 aromatic carbocycles. The van der Waals surface area contributed by atoms with Gasteiger partial charge in [0, 0.05) is 56.3 Å². The van der Waals surface area contributed by atoms with Crippen molar-refractivity contribution in [2.45, 2.75) is 33.2 Å². The predicted octanol–water partition coefficient (Wildman–Crippen LogP) is 6.54. The molecular weight excluding hydrogens is 515 g/mol. The lowest BCUT2D eigenvalue weighted by molar-refractivity contribution is 0.0950. The average Bonchev–Trinajstić information content (AvgIpc) is 3.20. The number of amides is 1. The van der Waals surface area contributed by atoms with Gasteiger partial charge in [-0.15, -0.1) is 12.4 Å². The van der Waals surface area contributed by atoms with E-state index < -0.39 is 0 Å². The van der Waals surface area contributed by atoms with Crippen LogP contribution in [-0.4, -0.2) is 54.6 Å². The summed E-state index contributed by atoms with van der Waals surface area (Å²) in [6, 6.07) is 18.2. The number of benzene rings is 2. The summed E-state index contributed by atoms with van der Waals surface area (Å²) in [6.45, 7) is 10.7. The van der Waals surface area contributed by atoms with E-state index in [9.17, 15) is 4.79 Å². The maximum Gasteiger partial charge on any atom is 0.253 e. The topological polar surface area (TPSA) is 40.5 Å². The van der Waals surface area contributed by atoms with Crippen LogP contribution in [0.4, 0.5) is 5.69 Å². The number of halogens is 3. The van der Waals surface area contributed by atoms with Gasteiger partial charge in [-0.1, -0.05) is 60.5 Å². The standard InChI is InChI=1S/C28H34Cl2N4O.ClH/c1-3-13-34-21(2)24(20-27(34)22-8-5-4-6-9-22)28(35)31-12-7-14-32-15-17-33(18-16-32)23-10-11-25(29)26(30)19-23;/h4-6,8-11,19-20H,3,7,12-18H2,1-2H3,(H,31,35);1H. The zero-order chi connectivity index (χ0) is 24.8. The van der Waals surface area contributed by atoms with Gasteiger partial charge in [-0.05, 0) is 56.1 Å². The van der Waals surface area contributed by atoms with Gasteiger partial charge in [-0.3, -0.25) is 9.69 Å². The van der Waals surface area contributed by atoms with Gasteiger partial charge in [0.2, 0.25) is 0 Å². The van der Waals surface area contributed by atoms with E-state index >= 15 is 0 Å². The molecule has 0 bridgehead atoms. The summed E-state index contributed by atoms with van der Waals surface area (Å²) < 4.78 is 2.26. The molecule has 194 valence electrons. The Morgan fingerprint density at radius 2 is 1.67 bits per heavy atom. The highest BCUT2D eigenvalue weighted by molar-refractivity contribution is 6.42. The largest absolute Gasteiger partial charge is 0.369 e. The third kappa shape index (κ3) is 6.77. The Kier molecular flexibility index (Phi) is 10.6. The summed E-state index contributed by atoms with van der Waals surface area (Å²) in [7, 11) is 0. The molecule has 2 heterocycles. The van der Waals surface area contributed by atoms with Crippen LogP contribution in [0.15, 0.2) is 54.6 Å². The highest BCUT2D eigenvalue weighted by atomic mass is 35.5. The first-order valence-corrected chi connectivity index (χ1v) is 13.2. The van der Waals surface area contributed by atoms with Crippen LogP contribution in [0.5, 0.6) is 0 Å². The van der Waals surface area contributed by atoms with Crippen molar-refractivity contribution in [2.75, 3.05) is 44.2 Å².